The fraction of sp³-hybridized carbons (Fsp3) is 0.318. The van der Waals surface area contributed by atoms with Gasteiger partial charge < -0.3 is 4.90 Å². The predicted molar refractivity (Wildman–Crippen MR) is 106 cm³/mol. The fourth-order valence-electron chi connectivity index (χ4n) is 4.33. The number of amides is 1. The van der Waals surface area contributed by atoms with Gasteiger partial charge in [0.05, 0.1) is 11.7 Å². The summed E-state index contributed by atoms with van der Waals surface area (Å²) < 4.78 is 15.9. The van der Waals surface area contributed by atoms with Gasteiger partial charge in [-0.05, 0) is 44.0 Å². The van der Waals surface area contributed by atoms with Gasteiger partial charge in [-0.25, -0.2) is 4.39 Å². The lowest BCUT2D eigenvalue weighted by molar-refractivity contribution is -0.135. The largest absolute Gasteiger partial charge is 0.335 e. The van der Waals surface area contributed by atoms with Crippen molar-refractivity contribution < 1.29 is 9.18 Å². The molecular formula is C22H22FN3O2. The Kier molecular flexibility index (Phi) is 4.49. The van der Waals surface area contributed by atoms with Gasteiger partial charge in [-0.2, -0.15) is 5.10 Å². The van der Waals surface area contributed by atoms with Crippen LogP contribution in [0.3, 0.4) is 0 Å². The van der Waals surface area contributed by atoms with Crippen molar-refractivity contribution in [1.82, 2.24) is 14.7 Å². The van der Waals surface area contributed by atoms with Crippen LogP contribution in [0.2, 0.25) is 0 Å². The lowest BCUT2D eigenvalue weighted by Gasteiger charge is -2.36. The van der Waals surface area contributed by atoms with E-state index in [4.69, 9.17) is 0 Å². The second-order valence-electron chi connectivity index (χ2n) is 7.75. The first kappa shape index (κ1) is 18.3. The number of carbonyl (C=O) groups is 1. The molecule has 1 aromatic heterocycles. The molecule has 3 aromatic rings. The Morgan fingerprint density at radius 3 is 2.68 bits per heavy atom. The first-order valence-corrected chi connectivity index (χ1v) is 9.39. The van der Waals surface area contributed by atoms with Crippen molar-refractivity contribution in [2.45, 2.75) is 38.3 Å². The molecule has 1 aliphatic heterocycles. The van der Waals surface area contributed by atoms with Crippen molar-refractivity contribution in [3.63, 3.8) is 0 Å². The Bertz CT molecular complexity index is 1110. The van der Waals surface area contributed by atoms with Crippen LogP contribution in [0.4, 0.5) is 4.39 Å². The molecule has 1 atom stereocenters. The molecule has 0 aliphatic carbocycles. The minimum absolute atomic E-state index is 0.0359. The standard InChI is InChI=1S/C22H22FN3O2/c1-22(2)17(15-7-3-5-9-18(15)23)11-12-25(22)21(28)14-26-19-10-6-4-8-16(19)20(27)13-24-26/h3-10,13,17H,11-12,14H2,1-2H3. The van der Waals surface area contributed by atoms with Gasteiger partial charge in [-0.3, -0.25) is 14.3 Å². The summed E-state index contributed by atoms with van der Waals surface area (Å²) in [4.78, 5) is 26.9. The third-order valence-corrected chi connectivity index (χ3v) is 5.82. The van der Waals surface area contributed by atoms with Gasteiger partial charge in [0, 0.05) is 23.4 Å². The number of benzene rings is 2. The Morgan fingerprint density at radius 2 is 1.89 bits per heavy atom. The highest BCUT2D eigenvalue weighted by molar-refractivity contribution is 5.82. The molecule has 28 heavy (non-hydrogen) atoms. The van der Waals surface area contributed by atoms with Gasteiger partial charge >= 0.3 is 0 Å². The van der Waals surface area contributed by atoms with E-state index in [1.165, 1.54) is 12.3 Å². The molecule has 6 heteroatoms. The highest BCUT2D eigenvalue weighted by Crippen LogP contribution is 2.42. The summed E-state index contributed by atoms with van der Waals surface area (Å²) >= 11 is 0. The minimum atomic E-state index is -0.520. The number of nitrogens with zero attached hydrogens (tertiary/aromatic N) is 3. The van der Waals surface area contributed by atoms with Crippen LogP contribution >= 0.6 is 0 Å². The highest BCUT2D eigenvalue weighted by atomic mass is 19.1. The molecule has 1 aliphatic rings. The Hall–Kier alpha value is -3.02. The number of halogens is 1. The van der Waals surface area contributed by atoms with Gasteiger partial charge in [0.15, 0.2) is 0 Å². The summed E-state index contributed by atoms with van der Waals surface area (Å²) in [5.41, 5.74) is 0.592. The summed E-state index contributed by atoms with van der Waals surface area (Å²) in [5, 5.41) is 4.69. The molecule has 0 radical (unpaired) electrons. The molecule has 1 fully saturated rings. The molecule has 0 saturated carbocycles. The van der Waals surface area contributed by atoms with Gasteiger partial charge in [0.25, 0.3) is 0 Å². The van der Waals surface area contributed by atoms with E-state index < -0.39 is 5.54 Å². The van der Waals surface area contributed by atoms with E-state index in [0.717, 1.165) is 0 Å². The van der Waals surface area contributed by atoms with Gasteiger partial charge in [-0.1, -0.05) is 30.3 Å². The summed E-state index contributed by atoms with van der Waals surface area (Å²) in [6, 6.07) is 13.9. The number of likely N-dealkylation sites (tertiary alicyclic amines) is 1. The maximum Gasteiger partial charge on any atom is 0.244 e. The van der Waals surface area contributed by atoms with Crippen molar-refractivity contribution in [2.24, 2.45) is 0 Å². The molecule has 144 valence electrons. The number of hydrogen-bond acceptors (Lipinski definition) is 3. The highest BCUT2D eigenvalue weighted by Gasteiger charge is 2.45. The third kappa shape index (κ3) is 2.99. The number of carbonyl (C=O) groups excluding carboxylic acids is 1. The van der Waals surface area contributed by atoms with Crippen molar-refractivity contribution in [1.29, 1.82) is 0 Å². The topological polar surface area (TPSA) is 55.2 Å². The summed E-state index contributed by atoms with van der Waals surface area (Å²) in [7, 11) is 0. The van der Waals surface area contributed by atoms with Crippen LogP contribution in [0.1, 0.15) is 31.7 Å². The van der Waals surface area contributed by atoms with Crippen LogP contribution in [0, 0.1) is 5.82 Å². The quantitative estimate of drug-likeness (QED) is 0.701. The maximum atomic E-state index is 14.3. The van der Waals surface area contributed by atoms with Crippen molar-refractivity contribution in [3.05, 3.63) is 76.3 Å². The van der Waals surface area contributed by atoms with E-state index in [2.05, 4.69) is 5.10 Å². The average Bonchev–Trinajstić information content (AvgIpc) is 2.99. The molecule has 0 N–H and O–H groups in total. The lowest BCUT2D eigenvalue weighted by atomic mass is 9.82. The summed E-state index contributed by atoms with van der Waals surface area (Å²) in [6.07, 6.45) is 1.95. The van der Waals surface area contributed by atoms with Crippen molar-refractivity contribution in [2.75, 3.05) is 6.54 Å². The van der Waals surface area contributed by atoms with Gasteiger partial charge in [0.1, 0.15) is 12.4 Å². The molecule has 2 aromatic carbocycles. The molecule has 1 unspecified atom stereocenters. The first-order chi connectivity index (χ1) is 13.4. The van der Waals surface area contributed by atoms with Crippen LogP contribution in [0.25, 0.3) is 10.9 Å². The average molecular weight is 379 g/mol. The van der Waals surface area contributed by atoms with E-state index in [0.29, 0.717) is 29.4 Å². The Labute approximate surface area is 162 Å². The van der Waals surface area contributed by atoms with E-state index in [-0.39, 0.29) is 29.6 Å². The maximum absolute atomic E-state index is 14.3. The molecule has 0 bridgehead atoms. The fourth-order valence-corrected chi connectivity index (χ4v) is 4.33. The van der Waals surface area contributed by atoms with E-state index in [1.54, 1.807) is 39.9 Å². The molecule has 5 nitrogen and oxygen atoms in total. The van der Waals surface area contributed by atoms with E-state index >= 15 is 0 Å². The van der Waals surface area contributed by atoms with Gasteiger partial charge in [0.2, 0.25) is 11.3 Å². The molecule has 1 amide bonds. The number of rotatable bonds is 3. The summed E-state index contributed by atoms with van der Waals surface area (Å²) in [5.74, 6) is -0.399. The third-order valence-electron chi connectivity index (χ3n) is 5.82. The van der Waals surface area contributed by atoms with E-state index in [1.807, 2.05) is 26.0 Å². The number of fused-ring (bicyclic) bond motifs is 1. The Balaban J connectivity index is 1.62. The minimum Gasteiger partial charge on any atom is -0.335 e. The SMILES string of the molecule is CC1(C)C(c2ccccc2F)CCN1C(=O)Cn1ncc(=O)c2ccccc21. The number of aromatic nitrogens is 2. The first-order valence-electron chi connectivity index (χ1n) is 9.39. The second kappa shape index (κ2) is 6.86. The van der Waals surface area contributed by atoms with E-state index in [9.17, 15) is 14.0 Å². The normalized spacial score (nSPS) is 18.5. The van der Waals surface area contributed by atoms with Crippen molar-refractivity contribution >= 4 is 16.8 Å². The zero-order chi connectivity index (χ0) is 19.9. The van der Waals surface area contributed by atoms with Crippen LogP contribution in [-0.4, -0.2) is 32.7 Å². The van der Waals surface area contributed by atoms with Crippen LogP contribution < -0.4 is 5.43 Å². The zero-order valence-electron chi connectivity index (χ0n) is 15.9. The van der Waals surface area contributed by atoms with Crippen LogP contribution in [-0.2, 0) is 11.3 Å². The summed E-state index contributed by atoms with van der Waals surface area (Å²) in [6.45, 7) is 4.55. The second-order valence-corrected chi connectivity index (χ2v) is 7.75. The number of para-hydroxylation sites is 1. The lowest BCUT2D eigenvalue weighted by Crippen LogP contribution is -2.47. The number of hydrogen-bond donors (Lipinski definition) is 0. The zero-order valence-corrected chi connectivity index (χ0v) is 15.9. The van der Waals surface area contributed by atoms with Crippen molar-refractivity contribution in [3.8, 4) is 0 Å². The molecular weight excluding hydrogens is 357 g/mol. The van der Waals surface area contributed by atoms with Crippen LogP contribution in [0.5, 0.6) is 0 Å². The molecule has 4 rings (SSSR count). The molecule has 1 saturated heterocycles. The smallest absolute Gasteiger partial charge is 0.244 e. The molecule has 0 spiro atoms. The monoisotopic (exact) mass is 379 g/mol. The Morgan fingerprint density at radius 1 is 1.18 bits per heavy atom. The molecule has 2 heterocycles. The van der Waals surface area contributed by atoms with Crippen LogP contribution in [0.15, 0.2) is 59.5 Å². The predicted octanol–water partition coefficient (Wildman–Crippen LogP) is 3.33. The van der Waals surface area contributed by atoms with Gasteiger partial charge in [-0.15, -0.1) is 0 Å².